The van der Waals surface area contributed by atoms with E-state index in [0.29, 0.717) is 25.3 Å². The molecule has 3 unspecified atom stereocenters. The predicted octanol–water partition coefficient (Wildman–Crippen LogP) is 2.64. The lowest BCUT2D eigenvalue weighted by Crippen LogP contribution is -2.36. The molecule has 1 aromatic carbocycles. The summed E-state index contributed by atoms with van der Waals surface area (Å²) in [5.41, 5.74) is 0. The van der Waals surface area contributed by atoms with Crippen LogP contribution in [-0.4, -0.2) is 29.3 Å². The second-order valence-electron chi connectivity index (χ2n) is 5.58. The number of thioether (sulfide) groups is 1. The van der Waals surface area contributed by atoms with Gasteiger partial charge in [0.25, 0.3) is 0 Å². The van der Waals surface area contributed by atoms with Crippen LogP contribution in [0, 0.1) is 17.8 Å². The van der Waals surface area contributed by atoms with Crippen LogP contribution in [0.3, 0.4) is 0 Å². The second kappa shape index (κ2) is 7.50. The van der Waals surface area contributed by atoms with Crippen molar-refractivity contribution in [1.29, 1.82) is 0 Å². The lowest BCUT2D eigenvalue weighted by molar-refractivity contribution is -0.146. The summed E-state index contributed by atoms with van der Waals surface area (Å²) in [4.78, 5) is 24.5. The molecule has 1 aromatic rings. The fourth-order valence-corrected chi connectivity index (χ4v) is 3.63. The van der Waals surface area contributed by atoms with Crippen molar-refractivity contribution in [3.63, 3.8) is 0 Å². The Bertz CT molecular complexity index is 492. The van der Waals surface area contributed by atoms with Crippen molar-refractivity contribution in [1.82, 2.24) is 5.32 Å². The smallest absolute Gasteiger partial charge is 0.307 e. The normalized spacial score (nSPS) is 24.7. The van der Waals surface area contributed by atoms with Gasteiger partial charge in [-0.2, -0.15) is 0 Å². The molecule has 0 saturated heterocycles. The van der Waals surface area contributed by atoms with Crippen molar-refractivity contribution in [2.24, 2.45) is 17.8 Å². The minimum Gasteiger partial charge on any atom is -0.481 e. The Hall–Kier alpha value is -1.49. The van der Waals surface area contributed by atoms with Crippen molar-refractivity contribution < 1.29 is 14.7 Å². The van der Waals surface area contributed by atoms with Crippen LogP contribution in [-0.2, 0) is 9.59 Å². The number of hydrogen-bond donors (Lipinski definition) is 2. The number of carboxylic acid groups (broad SMARTS) is 1. The molecule has 5 heteroatoms. The van der Waals surface area contributed by atoms with Crippen LogP contribution in [0.25, 0.3) is 0 Å². The van der Waals surface area contributed by atoms with E-state index in [9.17, 15) is 14.7 Å². The number of hydrogen-bond acceptors (Lipinski definition) is 3. The van der Waals surface area contributed by atoms with Crippen LogP contribution in [0.1, 0.15) is 19.8 Å². The van der Waals surface area contributed by atoms with E-state index in [1.165, 1.54) is 4.90 Å². The molecule has 2 N–H and O–H groups in total. The van der Waals surface area contributed by atoms with Gasteiger partial charge in [0.15, 0.2) is 0 Å². The van der Waals surface area contributed by atoms with E-state index in [4.69, 9.17) is 0 Å². The van der Waals surface area contributed by atoms with E-state index in [1.807, 2.05) is 37.3 Å². The van der Waals surface area contributed by atoms with E-state index < -0.39 is 11.9 Å². The maximum absolute atomic E-state index is 12.1. The van der Waals surface area contributed by atoms with Gasteiger partial charge in [-0.25, -0.2) is 0 Å². The highest BCUT2D eigenvalue weighted by molar-refractivity contribution is 7.99. The third-order valence-corrected chi connectivity index (χ3v) is 4.88. The predicted molar refractivity (Wildman–Crippen MR) is 83.2 cm³/mol. The highest BCUT2D eigenvalue weighted by atomic mass is 32.2. The van der Waals surface area contributed by atoms with Gasteiger partial charge in [-0.1, -0.05) is 25.1 Å². The molecular weight excluding hydrogens is 286 g/mol. The van der Waals surface area contributed by atoms with Crippen LogP contribution in [0.5, 0.6) is 0 Å². The van der Waals surface area contributed by atoms with Gasteiger partial charge in [-0.3, -0.25) is 9.59 Å². The van der Waals surface area contributed by atoms with Crippen LogP contribution in [0.4, 0.5) is 0 Å². The topological polar surface area (TPSA) is 66.4 Å². The van der Waals surface area contributed by atoms with Crippen molar-refractivity contribution in [2.75, 3.05) is 12.3 Å². The van der Waals surface area contributed by atoms with E-state index in [0.717, 1.165) is 5.75 Å². The molecule has 0 aliphatic heterocycles. The molecule has 0 radical (unpaired) electrons. The van der Waals surface area contributed by atoms with E-state index in [1.54, 1.807) is 11.8 Å². The molecule has 1 saturated carbocycles. The third-order valence-electron chi connectivity index (χ3n) is 3.87. The van der Waals surface area contributed by atoms with Gasteiger partial charge in [-0.05, 0) is 30.9 Å². The molecule has 2 rings (SSSR count). The number of amides is 1. The van der Waals surface area contributed by atoms with E-state index >= 15 is 0 Å². The van der Waals surface area contributed by atoms with Crippen LogP contribution >= 0.6 is 11.8 Å². The Morgan fingerprint density at radius 3 is 2.57 bits per heavy atom. The Balaban J connectivity index is 1.75. The van der Waals surface area contributed by atoms with Crippen molar-refractivity contribution >= 4 is 23.6 Å². The van der Waals surface area contributed by atoms with Gasteiger partial charge < -0.3 is 10.4 Å². The molecule has 1 aliphatic rings. The van der Waals surface area contributed by atoms with Crippen LogP contribution in [0.15, 0.2) is 35.2 Å². The Kier molecular flexibility index (Phi) is 5.67. The fraction of sp³-hybridized carbons (Fsp3) is 0.500. The largest absolute Gasteiger partial charge is 0.481 e. The summed E-state index contributed by atoms with van der Waals surface area (Å²) in [7, 11) is 0. The molecule has 1 aliphatic carbocycles. The molecule has 4 nitrogen and oxygen atoms in total. The molecule has 0 bridgehead atoms. The Labute approximate surface area is 129 Å². The first-order chi connectivity index (χ1) is 10.1. The maximum atomic E-state index is 12.1. The van der Waals surface area contributed by atoms with Gasteiger partial charge in [0.2, 0.25) is 5.91 Å². The fourth-order valence-electron chi connectivity index (χ4n) is 2.85. The molecule has 1 amide bonds. The molecule has 3 atom stereocenters. The van der Waals surface area contributed by atoms with Gasteiger partial charge in [0.1, 0.15) is 0 Å². The summed E-state index contributed by atoms with van der Waals surface area (Å²) >= 11 is 1.68. The van der Waals surface area contributed by atoms with Crippen LogP contribution < -0.4 is 5.32 Å². The average molecular weight is 307 g/mol. The van der Waals surface area contributed by atoms with Gasteiger partial charge in [0, 0.05) is 17.2 Å². The lowest BCUT2D eigenvalue weighted by Gasteiger charge is -2.15. The van der Waals surface area contributed by atoms with Crippen molar-refractivity contribution in [3.05, 3.63) is 30.3 Å². The SMILES string of the molecule is CC1CC(C(=O)O)C(C(=O)NCCSc2ccccc2)C1. The van der Waals surface area contributed by atoms with Gasteiger partial charge >= 0.3 is 5.97 Å². The highest BCUT2D eigenvalue weighted by Gasteiger charge is 2.40. The van der Waals surface area contributed by atoms with Gasteiger partial charge in [-0.15, -0.1) is 11.8 Å². The first kappa shape index (κ1) is 15.9. The van der Waals surface area contributed by atoms with Gasteiger partial charge in [0.05, 0.1) is 11.8 Å². The standard InChI is InChI=1S/C16H21NO3S/c1-11-9-13(14(10-11)16(19)20)15(18)17-7-8-21-12-5-3-2-4-6-12/h2-6,11,13-14H,7-10H2,1H3,(H,17,18)(H,19,20). The quantitative estimate of drug-likeness (QED) is 0.626. The summed E-state index contributed by atoms with van der Waals surface area (Å²) in [5, 5.41) is 12.1. The van der Waals surface area contributed by atoms with E-state index in [2.05, 4.69) is 5.32 Å². The van der Waals surface area contributed by atoms with E-state index in [-0.39, 0.29) is 11.8 Å². The molecular formula is C16H21NO3S. The maximum Gasteiger partial charge on any atom is 0.307 e. The first-order valence-electron chi connectivity index (χ1n) is 7.26. The number of aliphatic carboxylic acids is 1. The molecule has 114 valence electrons. The second-order valence-corrected chi connectivity index (χ2v) is 6.75. The highest BCUT2D eigenvalue weighted by Crippen LogP contribution is 2.36. The van der Waals surface area contributed by atoms with Crippen LogP contribution in [0.2, 0.25) is 0 Å². The first-order valence-corrected chi connectivity index (χ1v) is 8.25. The minimum atomic E-state index is -0.849. The zero-order valence-electron chi connectivity index (χ0n) is 12.1. The molecule has 0 spiro atoms. The monoisotopic (exact) mass is 307 g/mol. The summed E-state index contributed by atoms with van der Waals surface area (Å²) in [6.45, 7) is 2.57. The lowest BCUT2D eigenvalue weighted by atomic mass is 9.95. The molecule has 0 heterocycles. The number of benzene rings is 1. The number of rotatable bonds is 6. The van der Waals surface area contributed by atoms with Crippen molar-refractivity contribution in [3.8, 4) is 0 Å². The van der Waals surface area contributed by atoms with Crippen molar-refractivity contribution in [2.45, 2.75) is 24.7 Å². The average Bonchev–Trinajstić information content (AvgIpc) is 2.87. The Morgan fingerprint density at radius 2 is 1.90 bits per heavy atom. The Morgan fingerprint density at radius 1 is 1.24 bits per heavy atom. The third kappa shape index (κ3) is 4.49. The molecule has 21 heavy (non-hydrogen) atoms. The number of nitrogens with one attached hydrogen (secondary N) is 1. The zero-order valence-corrected chi connectivity index (χ0v) is 12.9. The molecule has 1 fully saturated rings. The summed E-state index contributed by atoms with van der Waals surface area (Å²) in [5.74, 6) is -0.768. The summed E-state index contributed by atoms with van der Waals surface area (Å²) in [6.07, 6.45) is 1.28. The summed E-state index contributed by atoms with van der Waals surface area (Å²) < 4.78 is 0. The number of carbonyl (C=O) groups excluding carboxylic acids is 1. The number of carboxylic acids is 1. The molecule has 0 aromatic heterocycles. The zero-order chi connectivity index (χ0) is 15.2. The summed E-state index contributed by atoms with van der Waals surface area (Å²) in [6, 6.07) is 10.0. The number of carbonyl (C=O) groups is 2. The minimum absolute atomic E-state index is 0.111.